The Bertz CT molecular complexity index is 1070. The molecule has 2 aromatic carbocycles. The first-order valence-electron chi connectivity index (χ1n) is 6.92. The van der Waals surface area contributed by atoms with E-state index in [1.165, 1.54) is 11.3 Å². The van der Waals surface area contributed by atoms with Crippen molar-refractivity contribution in [3.63, 3.8) is 0 Å². The van der Waals surface area contributed by atoms with Gasteiger partial charge < -0.3 is 5.32 Å². The normalized spacial score (nSPS) is 15.0. The van der Waals surface area contributed by atoms with Crippen LogP contribution in [0, 0.1) is 0 Å². The molecule has 24 heavy (non-hydrogen) atoms. The molecule has 0 fully saturated rings. The summed E-state index contributed by atoms with van der Waals surface area (Å²) in [7, 11) is -3.73. The van der Waals surface area contributed by atoms with Gasteiger partial charge in [-0.25, -0.2) is 13.4 Å². The van der Waals surface area contributed by atoms with E-state index in [0.717, 1.165) is 13.5 Å². The Morgan fingerprint density at radius 1 is 1.25 bits per heavy atom. The van der Waals surface area contributed by atoms with Gasteiger partial charge in [-0.2, -0.15) is 0 Å². The van der Waals surface area contributed by atoms with Crippen LogP contribution >= 0.6 is 27.3 Å². The largest absolute Gasteiger partial charge is 0.300 e. The minimum Gasteiger partial charge on any atom is -0.300 e. The molecule has 0 aliphatic carbocycles. The first kappa shape index (κ1) is 15.6. The molecule has 2 heterocycles. The summed E-state index contributed by atoms with van der Waals surface area (Å²) in [6, 6.07) is 10.5. The van der Waals surface area contributed by atoms with Gasteiger partial charge in [0.15, 0.2) is 5.13 Å². The minimum atomic E-state index is -3.73. The number of anilines is 2. The number of aromatic nitrogens is 1. The molecule has 3 aromatic rings. The molecule has 0 bridgehead atoms. The molecule has 0 atom stereocenters. The van der Waals surface area contributed by atoms with E-state index in [9.17, 15) is 13.2 Å². The Balaban J connectivity index is 1.69. The molecule has 4 rings (SSSR count). The van der Waals surface area contributed by atoms with Crippen molar-refractivity contribution in [3.8, 4) is 0 Å². The van der Waals surface area contributed by atoms with Crippen LogP contribution in [-0.4, -0.2) is 25.9 Å². The van der Waals surface area contributed by atoms with E-state index in [2.05, 4.69) is 26.2 Å². The van der Waals surface area contributed by atoms with E-state index in [0.29, 0.717) is 16.2 Å². The lowest BCUT2D eigenvalue weighted by Crippen LogP contribution is -2.35. The first-order valence-corrected chi connectivity index (χ1v) is 9.97. The second-order valence-electron chi connectivity index (χ2n) is 5.16. The van der Waals surface area contributed by atoms with Crippen molar-refractivity contribution in [1.82, 2.24) is 4.98 Å². The molecule has 1 N–H and O–H groups in total. The Labute approximate surface area is 150 Å². The number of halogens is 1. The van der Waals surface area contributed by atoms with Gasteiger partial charge in [0.25, 0.3) is 10.0 Å². The van der Waals surface area contributed by atoms with Crippen LogP contribution in [-0.2, 0) is 14.8 Å². The van der Waals surface area contributed by atoms with Gasteiger partial charge >= 0.3 is 0 Å². The Morgan fingerprint density at radius 2 is 2.00 bits per heavy atom. The van der Waals surface area contributed by atoms with Crippen molar-refractivity contribution >= 4 is 64.8 Å². The van der Waals surface area contributed by atoms with Crippen LogP contribution in [0.4, 0.5) is 10.8 Å². The lowest BCUT2D eigenvalue weighted by molar-refractivity contribution is -0.114. The van der Waals surface area contributed by atoms with Crippen molar-refractivity contribution in [3.05, 3.63) is 46.4 Å². The first-order chi connectivity index (χ1) is 11.5. The van der Waals surface area contributed by atoms with Gasteiger partial charge in [-0.15, -0.1) is 0 Å². The van der Waals surface area contributed by atoms with Crippen molar-refractivity contribution in [2.45, 2.75) is 4.90 Å². The minimum absolute atomic E-state index is 0.236. The molecule has 1 aliphatic rings. The van der Waals surface area contributed by atoms with Crippen LogP contribution in [0.25, 0.3) is 10.8 Å². The zero-order chi connectivity index (χ0) is 16.9. The number of hydrogen-bond donors (Lipinski definition) is 1. The van der Waals surface area contributed by atoms with Crippen molar-refractivity contribution < 1.29 is 13.2 Å². The van der Waals surface area contributed by atoms with Crippen LogP contribution in [0.3, 0.4) is 0 Å². The number of carbonyl (C=O) groups is 1. The van der Waals surface area contributed by atoms with Gasteiger partial charge in [0.2, 0.25) is 5.91 Å². The van der Waals surface area contributed by atoms with E-state index in [4.69, 9.17) is 0 Å². The molecule has 1 amide bonds. The van der Waals surface area contributed by atoms with Gasteiger partial charge in [0, 0.05) is 5.39 Å². The number of sulfonamides is 1. The maximum atomic E-state index is 12.8. The predicted molar refractivity (Wildman–Crippen MR) is 96.9 cm³/mol. The second-order valence-corrected chi connectivity index (χ2v) is 9.40. The molecule has 0 unspecified atom stereocenters. The number of thiazole rings is 1. The van der Waals surface area contributed by atoms with Crippen LogP contribution in [0.5, 0.6) is 0 Å². The molecule has 0 spiro atoms. The summed E-state index contributed by atoms with van der Waals surface area (Å²) >= 11 is 4.53. The van der Waals surface area contributed by atoms with Gasteiger partial charge in [-0.1, -0.05) is 35.6 Å². The maximum absolute atomic E-state index is 12.8. The summed E-state index contributed by atoms with van der Waals surface area (Å²) in [5.41, 5.74) is 0.526. The number of amides is 1. The number of carbonyl (C=O) groups excluding carboxylic acids is 1. The third kappa shape index (κ3) is 2.40. The quantitative estimate of drug-likeness (QED) is 0.701. The SMILES string of the molecule is O=C(CN1c2cccc3cccc(c23)S1(=O)=O)Nc1ncc(Br)s1. The summed E-state index contributed by atoms with van der Waals surface area (Å²) < 4.78 is 27.5. The zero-order valence-corrected chi connectivity index (χ0v) is 15.3. The fourth-order valence-corrected chi connectivity index (χ4v) is 5.52. The topological polar surface area (TPSA) is 79.4 Å². The van der Waals surface area contributed by atoms with Gasteiger partial charge in [0.1, 0.15) is 6.54 Å². The summed E-state index contributed by atoms with van der Waals surface area (Å²) in [6.07, 6.45) is 1.57. The fraction of sp³-hybridized carbons (Fsp3) is 0.0667. The summed E-state index contributed by atoms with van der Waals surface area (Å²) in [5, 5.41) is 4.53. The zero-order valence-electron chi connectivity index (χ0n) is 12.1. The maximum Gasteiger partial charge on any atom is 0.265 e. The highest BCUT2D eigenvalue weighted by Crippen LogP contribution is 2.41. The predicted octanol–water partition coefficient (Wildman–Crippen LogP) is 3.21. The van der Waals surface area contributed by atoms with Gasteiger partial charge in [0.05, 0.1) is 20.6 Å². The summed E-state index contributed by atoms with van der Waals surface area (Å²) in [5.74, 6) is -0.440. The van der Waals surface area contributed by atoms with Crippen molar-refractivity contribution in [1.29, 1.82) is 0 Å². The lowest BCUT2D eigenvalue weighted by Gasteiger charge is -2.17. The fourth-order valence-electron chi connectivity index (χ4n) is 2.73. The third-order valence-electron chi connectivity index (χ3n) is 3.69. The summed E-state index contributed by atoms with van der Waals surface area (Å²) in [6.45, 7) is -0.298. The average molecular weight is 424 g/mol. The standard InChI is InChI=1S/C15H10BrN3O3S2/c16-12-7-17-15(23-12)18-13(20)8-19-10-5-1-3-9-4-2-6-11(14(9)10)24(19,21)22/h1-7H,8H2,(H,17,18,20). The van der Waals surface area contributed by atoms with Crippen LogP contribution in [0.2, 0.25) is 0 Å². The van der Waals surface area contributed by atoms with E-state index < -0.39 is 15.9 Å². The van der Waals surface area contributed by atoms with Crippen LogP contribution in [0.15, 0.2) is 51.3 Å². The number of nitrogens with one attached hydrogen (secondary N) is 1. The highest BCUT2D eigenvalue weighted by Gasteiger charge is 2.36. The van der Waals surface area contributed by atoms with E-state index >= 15 is 0 Å². The molecular weight excluding hydrogens is 414 g/mol. The lowest BCUT2D eigenvalue weighted by atomic mass is 10.1. The molecule has 9 heteroatoms. The van der Waals surface area contributed by atoms with E-state index in [1.807, 2.05) is 12.1 Å². The summed E-state index contributed by atoms with van der Waals surface area (Å²) in [4.78, 5) is 16.5. The van der Waals surface area contributed by atoms with Crippen molar-refractivity contribution in [2.24, 2.45) is 0 Å². The van der Waals surface area contributed by atoms with E-state index in [-0.39, 0.29) is 11.4 Å². The molecule has 0 saturated heterocycles. The van der Waals surface area contributed by atoms with Crippen LogP contribution < -0.4 is 9.62 Å². The molecular formula is C15H10BrN3O3S2. The monoisotopic (exact) mass is 423 g/mol. The Hall–Kier alpha value is -1.97. The molecule has 0 saturated carbocycles. The molecule has 6 nitrogen and oxygen atoms in total. The van der Waals surface area contributed by atoms with E-state index in [1.54, 1.807) is 30.5 Å². The number of nitrogens with zero attached hydrogens (tertiary/aromatic N) is 2. The molecule has 1 aromatic heterocycles. The third-order valence-corrected chi connectivity index (χ3v) is 6.89. The number of rotatable bonds is 3. The second kappa shape index (κ2) is 5.54. The number of benzene rings is 2. The van der Waals surface area contributed by atoms with Crippen LogP contribution in [0.1, 0.15) is 0 Å². The molecule has 122 valence electrons. The number of hydrogen-bond acceptors (Lipinski definition) is 5. The average Bonchev–Trinajstić information content (AvgIpc) is 3.04. The highest BCUT2D eigenvalue weighted by atomic mass is 79.9. The highest BCUT2D eigenvalue weighted by molar-refractivity contribution is 9.11. The van der Waals surface area contributed by atoms with Crippen molar-refractivity contribution in [2.75, 3.05) is 16.2 Å². The van der Waals surface area contributed by atoms with Gasteiger partial charge in [-0.05, 0) is 33.4 Å². The van der Waals surface area contributed by atoms with Gasteiger partial charge in [-0.3, -0.25) is 9.10 Å². The Kier molecular flexibility index (Phi) is 3.59. The smallest absolute Gasteiger partial charge is 0.265 e. The molecule has 0 radical (unpaired) electrons. The molecule has 1 aliphatic heterocycles. The Morgan fingerprint density at radius 3 is 2.71 bits per heavy atom.